The van der Waals surface area contributed by atoms with Crippen LogP contribution in [-0.2, 0) is 14.8 Å². The molecule has 2 aromatic carbocycles. The minimum Gasteiger partial charge on any atom is -0.484 e. The third kappa shape index (κ3) is 5.93. The van der Waals surface area contributed by atoms with Crippen LogP contribution in [0.2, 0.25) is 0 Å². The fourth-order valence-electron chi connectivity index (χ4n) is 2.61. The van der Waals surface area contributed by atoms with Gasteiger partial charge in [-0.2, -0.15) is 5.10 Å². The second-order valence-electron chi connectivity index (χ2n) is 6.50. The minimum absolute atomic E-state index is 0.114. The molecule has 1 aromatic heterocycles. The van der Waals surface area contributed by atoms with E-state index in [4.69, 9.17) is 10.5 Å². The number of hydrazone groups is 1. The molecule has 0 aliphatic heterocycles. The molecular weight excluding hydrogens is 452 g/mol. The predicted octanol–water partition coefficient (Wildman–Crippen LogP) is 2.57. The zero-order valence-corrected chi connectivity index (χ0v) is 18.6. The van der Waals surface area contributed by atoms with E-state index in [1.165, 1.54) is 18.2 Å². The van der Waals surface area contributed by atoms with Crippen LogP contribution in [0.1, 0.15) is 22.8 Å². The number of sulfonamides is 1. The van der Waals surface area contributed by atoms with E-state index in [2.05, 4.69) is 15.2 Å². The van der Waals surface area contributed by atoms with Crippen LogP contribution in [0.25, 0.3) is 0 Å². The van der Waals surface area contributed by atoms with Crippen LogP contribution >= 0.6 is 11.3 Å². The first-order valence-electron chi connectivity index (χ1n) is 9.28. The number of nitrogens with zero attached hydrogens (tertiary/aromatic N) is 1. The van der Waals surface area contributed by atoms with Crippen molar-refractivity contribution in [2.75, 3.05) is 11.3 Å². The number of primary amides is 1. The number of hydrogen-bond acceptors (Lipinski definition) is 7. The quantitative estimate of drug-likeness (QED) is 0.324. The van der Waals surface area contributed by atoms with Gasteiger partial charge in [0.15, 0.2) is 6.61 Å². The number of thiophene rings is 1. The Labute approximate surface area is 189 Å². The second-order valence-corrected chi connectivity index (χ2v) is 9.36. The van der Waals surface area contributed by atoms with Crippen LogP contribution in [0, 0.1) is 0 Å². The Hall–Kier alpha value is -3.70. The Morgan fingerprint density at radius 1 is 1.09 bits per heavy atom. The number of carbonyl (C=O) groups excluding carboxylic acids is 2. The maximum atomic E-state index is 12.7. The van der Waals surface area contributed by atoms with E-state index in [1.54, 1.807) is 54.8 Å². The van der Waals surface area contributed by atoms with E-state index in [1.807, 2.05) is 0 Å². The molecule has 3 rings (SSSR count). The smallest absolute Gasteiger partial charge is 0.273 e. The number of ether oxygens (including phenoxy) is 1. The summed E-state index contributed by atoms with van der Waals surface area (Å²) in [6.07, 6.45) is 0. The molecule has 0 fully saturated rings. The summed E-state index contributed by atoms with van der Waals surface area (Å²) in [5.41, 5.74) is 8.87. The van der Waals surface area contributed by atoms with E-state index in [9.17, 15) is 18.0 Å². The molecule has 0 atom stereocenters. The van der Waals surface area contributed by atoms with Crippen molar-refractivity contribution in [3.8, 4) is 5.75 Å². The number of nitrogens with one attached hydrogen (secondary N) is 2. The summed E-state index contributed by atoms with van der Waals surface area (Å²) in [6, 6.07) is 16.1. The van der Waals surface area contributed by atoms with Crippen molar-refractivity contribution in [1.82, 2.24) is 5.43 Å². The van der Waals surface area contributed by atoms with Gasteiger partial charge < -0.3 is 10.5 Å². The van der Waals surface area contributed by atoms with E-state index in [0.717, 1.165) is 11.3 Å². The Bertz CT molecular complexity index is 1250. The van der Waals surface area contributed by atoms with Crippen LogP contribution in [0.3, 0.4) is 0 Å². The predicted molar refractivity (Wildman–Crippen MR) is 122 cm³/mol. The Kier molecular flexibility index (Phi) is 7.23. The number of nitrogens with two attached hydrogens (primary N) is 1. The van der Waals surface area contributed by atoms with Gasteiger partial charge in [-0.3, -0.25) is 14.3 Å². The van der Waals surface area contributed by atoms with Crippen LogP contribution in [0.15, 0.2) is 75.4 Å². The number of anilines is 1. The van der Waals surface area contributed by atoms with Gasteiger partial charge in [0.05, 0.1) is 17.0 Å². The van der Waals surface area contributed by atoms with Crippen LogP contribution < -0.4 is 20.6 Å². The molecule has 3 aromatic rings. The highest BCUT2D eigenvalue weighted by atomic mass is 32.2. The fraction of sp³-hybridized carbons (Fsp3) is 0.0952. The Balaban J connectivity index is 1.75. The number of hydrogen-bond donors (Lipinski definition) is 3. The lowest BCUT2D eigenvalue weighted by molar-refractivity contribution is -0.119. The van der Waals surface area contributed by atoms with Gasteiger partial charge >= 0.3 is 0 Å². The van der Waals surface area contributed by atoms with Crippen molar-refractivity contribution in [2.45, 2.75) is 11.1 Å². The molecule has 9 nitrogen and oxygen atoms in total. The normalized spacial score (nSPS) is 11.6. The number of benzene rings is 2. The highest BCUT2D eigenvalue weighted by Gasteiger charge is 2.19. The molecule has 2 amide bonds. The van der Waals surface area contributed by atoms with Gasteiger partial charge in [-0.25, -0.2) is 13.8 Å². The van der Waals surface area contributed by atoms with Crippen molar-refractivity contribution >= 4 is 44.6 Å². The lowest BCUT2D eigenvalue weighted by Crippen LogP contribution is -2.22. The summed E-state index contributed by atoms with van der Waals surface area (Å²) < 4.78 is 32.9. The first-order chi connectivity index (χ1) is 15.3. The van der Waals surface area contributed by atoms with Gasteiger partial charge in [0.2, 0.25) is 0 Å². The summed E-state index contributed by atoms with van der Waals surface area (Å²) in [5.74, 6) is -0.758. The van der Waals surface area contributed by atoms with Crippen molar-refractivity contribution in [3.05, 3.63) is 77.2 Å². The monoisotopic (exact) mass is 472 g/mol. The summed E-state index contributed by atoms with van der Waals surface area (Å²) in [5, 5.41) is 5.74. The van der Waals surface area contributed by atoms with Crippen molar-refractivity contribution in [2.24, 2.45) is 10.8 Å². The first-order valence-corrected chi connectivity index (χ1v) is 11.6. The molecular formula is C21H20N4O5S2. The van der Waals surface area contributed by atoms with E-state index in [-0.39, 0.29) is 22.1 Å². The first kappa shape index (κ1) is 23.0. The van der Waals surface area contributed by atoms with Gasteiger partial charge in [-0.15, -0.1) is 11.3 Å². The van der Waals surface area contributed by atoms with Gasteiger partial charge in [-0.1, -0.05) is 30.3 Å². The van der Waals surface area contributed by atoms with Crippen molar-refractivity contribution in [3.63, 3.8) is 0 Å². The molecule has 11 heteroatoms. The largest absolute Gasteiger partial charge is 0.484 e. The van der Waals surface area contributed by atoms with E-state index in [0.29, 0.717) is 17.0 Å². The summed E-state index contributed by atoms with van der Waals surface area (Å²) in [7, 11) is -3.81. The number of para-hydroxylation sites is 1. The second kappa shape index (κ2) is 10.1. The minimum atomic E-state index is -3.81. The molecule has 0 bridgehead atoms. The van der Waals surface area contributed by atoms with Crippen LogP contribution in [-0.4, -0.2) is 32.6 Å². The van der Waals surface area contributed by atoms with Crippen molar-refractivity contribution in [1.29, 1.82) is 0 Å². The number of amides is 2. The third-order valence-corrected chi connectivity index (χ3v) is 6.90. The standard InChI is InChI=1S/C21H20N4O5S2/c1-14(15-6-4-7-16(12-15)30-13-19(22)26)23-24-21(27)17-8-2-3-9-18(17)25-32(28,29)20-10-5-11-31-20/h2-12,25H,13H2,1H3,(H2,22,26)(H,24,27)/b23-14-. The molecule has 4 N–H and O–H groups in total. The van der Waals surface area contributed by atoms with Crippen LogP contribution in [0.4, 0.5) is 5.69 Å². The lowest BCUT2D eigenvalue weighted by atomic mass is 10.1. The maximum Gasteiger partial charge on any atom is 0.273 e. The van der Waals surface area contributed by atoms with Gasteiger partial charge in [0.25, 0.3) is 21.8 Å². The molecule has 1 heterocycles. The van der Waals surface area contributed by atoms with E-state index < -0.39 is 21.8 Å². The highest BCUT2D eigenvalue weighted by Crippen LogP contribution is 2.23. The van der Waals surface area contributed by atoms with E-state index >= 15 is 0 Å². The number of carbonyl (C=O) groups is 2. The molecule has 0 radical (unpaired) electrons. The van der Waals surface area contributed by atoms with Gasteiger partial charge in [0.1, 0.15) is 9.96 Å². The molecule has 32 heavy (non-hydrogen) atoms. The molecule has 166 valence electrons. The molecule has 0 spiro atoms. The zero-order valence-electron chi connectivity index (χ0n) is 16.9. The SMILES string of the molecule is C/C(=N/NC(=O)c1ccccc1NS(=O)(=O)c1cccs1)c1cccc(OCC(N)=O)c1. The van der Waals surface area contributed by atoms with Crippen molar-refractivity contribution < 1.29 is 22.7 Å². The van der Waals surface area contributed by atoms with Gasteiger partial charge in [0, 0.05) is 5.56 Å². The highest BCUT2D eigenvalue weighted by molar-refractivity contribution is 7.94. The van der Waals surface area contributed by atoms with Crippen LogP contribution in [0.5, 0.6) is 5.75 Å². The zero-order chi connectivity index (χ0) is 23.1. The Morgan fingerprint density at radius 2 is 1.88 bits per heavy atom. The maximum absolute atomic E-state index is 12.7. The summed E-state index contributed by atoms with van der Waals surface area (Å²) >= 11 is 1.07. The van der Waals surface area contributed by atoms with Gasteiger partial charge in [-0.05, 0) is 42.6 Å². The average molecular weight is 473 g/mol. The summed E-state index contributed by atoms with van der Waals surface area (Å²) in [4.78, 5) is 23.6. The molecule has 0 saturated heterocycles. The fourth-order valence-corrected chi connectivity index (χ4v) is 4.68. The average Bonchev–Trinajstić information content (AvgIpc) is 3.32. The Morgan fingerprint density at radius 3 is 2.59 bits per heavy atom. The molecule has 0 aliphatic rings. The molecule has 0 aliphatic carbocycles. The molecule has 0 saturated carbocycles. The lowest BCUT2D eigenvalue weighted by Gasteiger charge is -2.11. The summed E-state index contributed by atoms with van der Waals surface area (Å²) in [6.45, 7) is 1.42. The topological polar surface area (TPSA) is 140 Å². The number of rotatable bonds is 9. The third-order valence-electron chi connectivity index (χ3n) is 4.13. The molecule has 0 unspecified atom stereocenters.